The van der Waals surface area contributed by atoms with Crippen LogP contribution in [-0.4, -0.2) is 15.1 Å². The van der Waals surface area contributed by atoms with Gasteiger partial charge >= 0.3 is 0 Å². The Balaban J connectivity index is 1.92. The van der Waals surface area contributed by atoms with Crippen molar-refractivity contribution in [2.75, 3.05) is 0 Å². The third-order valence-corrected chi connectivity index (χ3v) is 3.51. The maximum absolute atomic E-state index is 13.3. The molecule has 0 spiro atoms. The molecule has 5 heteroatoms. The highest BCUT2D eigenvalue weighted by molar-refractivity contribution is 5.92. The molecule has 100 valence electrons. The highest BCUT2D eigenvalue weighted by Crippen LogP contribution is 2.39. The Morgan fingerprint density at radius 1 is 1.20 bits per heavy atom. The van der Waals surface area contributed by atoms with Crippen LogP contribution in [0.4, 0.5) is 4.39 Å². The first-order valence-corrected chi connectivity index (χ1v) is 6.61. The van der Waals surface area contributed by atoms with E-state index in [4.69, 9.17) is 4.52 Å². The van der Waals surface area contributed by atoms with Gasteiger partial charge in [-0.1, -0.05) is 5.16 Å². The Morgan fingerprint density at radius 2 is 2.05 bits per heavy atom. The van der Waals surface area contributed by atoms with Crippen LogP contribution in [0.2, 0.25) is 0 Å². The molecule has 1 aliphatic rings. The van der Waals surface area contributed by atoms with E-state index < -0.39 is 0 Å². The van der Waals surface area contributed by atoms with Gasteiger partial charge in [-0.15, -0.1) is 0 Å². The molecule has 0 amide bonds. The zero-order valence-corrected chi connectivity index (χ0v) is 10.9. The molecule has 0 radical (unpaired) electrons. The molecule has 2 heterocycles. The van der Waals surface area contributed by atoms with Gasteiger partial charge in [0, 0.05) is 23.1 Å². The summed E-state index contributed by atoms with van der Waals surface area (Å²) < 4.78 is 18.7. The number of hydrogen-bond donors (Lipinski definition) is 0. The van der Waals surface area contributed by atoms with Crippen molar-refractivity contribution in [2.24, 2.45) is 0 Å². The molecule has 3 aromatic rings. The largest absolute Gasteiger partial charge is 0.334 e. The normalized spacial score (nSPS) is 14.9. The lowest BCUT2D eigenvalue weighted by molar-refractivity contribution is 0.423. The van der Waals surface area contributed by atoms with Gasteiger partial charge in [0.1, 0.15) is 5.82 Å². The maximum Gasteiger partial charge on any atom is 0.258 e. The Kier molecular flexibility index (Phi) is 2.36. The summed E-state index contributed by atoms with van der Waals surface area (Å²) in [5.74, 6) is 1.39. The van der Waals surface area contributed by atoms with Crippen molar-refractivity contribution in [3.63, 3.8) is 0 Å². The molecule has 0 atom stereocenters. The van der Waals surface area contributed by atoms with E-state index in [0.717, 1.165) is 35.3 Å². The minimum Gasteiger partial charge on any atom is -0.334 e. The van der Waals surface area contributed by atoms with Gasteiger partial charge in [0.15, 0.2) is 5.82 Å². The SMILES string of the molecule is Cc1cc(-c2nc(C3CC3)no2)c2ccc(F)cc2n1. The van der Waals surface area contributed by atoms with E-state index in [2.05, 4.69) is 15.1 Å². The third-order valence-electron chi connectivity index (χ3n) is 3.51. The summed E-state index contributed by atoms with van der Waals surface area (Å²) in [4.78, 5) is 8.80. The van der Waals surface area contributed by atoms with Crippen molar-refractivity contribution in [1.29, 1.82) is 0 Å². The fourth-order valence-corrected chi connectivity index (χ4v) is 2.36. The van der Waals surface area contributed by atoms with Crippen LogP contribution in [-0.2, 0) is 0 Å². The first kappa shape index (κ1) is 11.5. The van der Waals surface area contributed by atoms with E-state index in [9.17, 15) is 4.39 Å². The summed E-state index contributed by atoms with van der Waals surface area (Å²) in [6.07, 6.45) is 2.25. The lowest BCUT2D eigenvalue weighted by Gasteiger charge is -2.04. The molecule has 0 N–H and O–H groups in total. The standard InChI is InChI=1S/C15H12FN3O/c1-8-6-12(11-5-4-10(16)7-13(11)17-8)15-18-14(19-20-15)9-2-3-9/h4-7,9H,2-3H2,1H3. The number of rotatable bonds is 2. The van der Waals surface area contributed by atoms with Gasteiger partial charge in [-0.3, -0.25) is 4.98 Å². The van der Waals surface area contributed by atoms with Crippen LogP contribution < -0.4 is 0 Å². The highest BCUT2D eigenvalue weighted by atomic mass is 19.1. The number of benzene rings is 1. The molecular formula is C15H12FN3O. The quantitative estimate of drug-likeness (QED) is 0.713. The van der Waals surface area contributed by atoms with E-state index in [1.54, 1.807) is 6.07 Å². The van der Waals surface area contributed by atoms with Gasteiger partial charge in [0.25, 0.3) is 5.89 Å². The van der Waals surface area contributed by atoms with E-state index >= 15 is 0 Å². The number of aryl methyl sites for hydroxylation is 1. The molecule has 1 aliphatic carbocycles. The summed E-state index contributed by atoms with van der Waals surface area (Å²) in [6, 6.07) is 6.43. The minimum atomic E-state index is -0.300. The number of aromatic nitrogens is 3. The van der Waals surface area contributed by atoms with E-state index in [0.29, 0.717) is 17.3 Å². The first-order chi connectivity index (χ1) is 9.70. The van der Waals surface area contributed by atoms with Gasteiger partial charge in [0.2, 0.25) is 0 Å². The number of fused-ring (bicyclic) bond motifs is 1. The van der Waals surface area contributed by atoms with Gasteiger partial charge in [-0.05, 0) is 38.0 Å². The molecule has 0 saturated heterocycles. The molecule has 1 fully saturated rings. The second-order valence-corrected chi connectivity index (χ2v) is 5.20. The van der Waals surface area contributed by atoms with E-state index in [1.807, 2.05) is 13.0 Å². The summed E-state index contributed by atoms with van der Waals surface area (Å²) in [6.45, 7) is 1.87. The molecule has 0 bridgehead atoms. The number of pyridine rings is 1. The molecule has 4 nitrogen and oxygen atoms in total. The van der Waals surface area contributed by atoms with Crippen molar-refractivity contribution in [3.8, 4) is 11.5 Å². The Morgan fingerprint density at radius 3 is 2.85 bits per heavy atom. The van der Waals surface area contributed by atoms with Gasteiger partial charge in [0.05, 0.1) is 11.1 Å². The summed E-state index contributed by atoms with van der Waals surface area (Å²) in [5, 5.41) is 4.85. The predicted molar refractivity (Wildman–Crippen MR) is 71.7 cm³/mol. The minimum absolute atomic E-state index is 0.300. The molecule has 1 aromatic carbocycles. The fourth-order valence-electron chi connectivity index (χ4n) is 2.36. The van der Waals surface area contributed by atoms with Crippen LogP contribution in [0.5, 0.6) is 0 Å². The average Bonchev–Trinajstić information content (AvgIpc) is 3.15. The van der Waals surface area contributed by atoms with Crippen molar-refractivity contribution in [1.82, 2.24) is 15.1 Å². The predicted octanol–water partition coefficient (Wildman–Crippen LogP) is 3.61. The smallest absolute Gasteiger partial charge is 0.258 e. The van der Waals surface area contributed by atoms with Crippen LogP contribution in [0, 0.1) is 12.7 Å². The second kappa shape index (κ2) is 4.10. The lowest BCUT2D eigenvalue weighted by Crippen LogP contribution is -1.90. The molecule has 20 heavy (non-hydrogen) atoms. The lowest BCUT2D eigenvalue weighted by atomic mass is 10.1. The van der Waals surface area contributed by atoms with Crippen molar-refractivity contribution in [3.05, 3.63) is 41.6 Å². The number of nitrogens with zero attached hydrogens (tertiary/aromatic N) is 3. The molecule has 4 rings (SSSR count). The molecule has 0 unspecified atom stereocenters. The highest BCUT2D eigenvalue weighted by Gasteiger charge is 2.29. The van der Waals surface area contributed by atoms with E-state index in [-0.39, 0.29) is 5.82 Å². The Labute approximate surface area is 114 Å². The maximum atomic E-state index is 13.3. The molecule has 2 aromatic heterocycles. The molecule has 0 aliphatic heterocycles. The van der Waals surface area contributed by atoms with Crippen LogP contribution >= 0.6 is 0 Å². The van der Waals surface area contributed by atoms with E-state index in [1.165, 1.54) is 12.1 Å². The molecular weight excluding hydrogens is 257 g/mol. The van der Waals surface area contributed by atoms with Crippen LogP contribution in [0.25, 0.3) is 22.4 Å². The topological polar surface area (TPSA) is 51.8 Å². The first-order valence-electron chi connectivity index (χ1n) is 6.61. The number of hydrogen-bond acceptors (Lipinski definition) is 4. The number of halogens is 1. The fraction of sp³-hybridized carbons (Fsp3) is 0.267. The van der Waals surface area contributed by atoms with Gasteiger partial charge in [-0.25, -0.2) is 4.39 Å². The van der Waals surface area contributed by atoms with Crippen LogP contribution in [0.3, 0.4) is 0 Å². The zero-order chi connectivity index (χ0) is 13.7. The molecule has 1 saturated carbocycles. The van der Waals surface area contributed by atoms with Crippen molar-refractivity contribution < 1.29 is 8.91 Å². The van der Waals surface area contributed by atoms with Crippen molar-refractivity contribution in [2.45, 2.75) is 25.7 Å². The van der Waals surface area contributed by atoms with Crippen molar-refractivity contribution >= 4 is 10.9 Å². The van der Waals surface area contributed by atoms with Crippen LogP contribution in [0.1, 0.15) is 30.3 Å². The summed E-state index contributed by atoms with van der Waals surface area (Å²) in [7, 11) is 0. The van der Waals surface area contributed by atoms with Crippen LogP contribution in [0.15, 0.2) is 28.8 Å². The Hall–Kier alpha value is -2.30. The zero-order valence-electron chi connectivity index (χ0n) is 10.9. The van der Waals surface area contributed by atoms with Gasteiger partial charge in [-0.2, -0.15) is 4.98 Å². The second-order valence-electron chi connectivity index (χ2n) is 5.20. The third kappa shape index (κ3) is 1.86. The van der Waals surface area contributed by atoms with Gasteiger partial charge < -0.3 is 4.52 Å². The monoisotopic (exact) mass is 269 g/mol. The Bertz CT molecular complexity index is 803. The summed E-state index contributed by atoms with van der Waals surface area (Å²) >= 11 is 0. The summed E-state index contributed by atoms with van der Waals surface area (Å²) in [5.41, 5.74) is 2.21. The average molecular weight is 269 g/mol.